The van der Waals surface area contributed by atoms with Crippen LogP contribution in [0.2, 0.25) is 0 Å². The molecule has 1 saturated heterocycles. The summed E-state index contributed by atoms with van der Waals surface area (Å²) in [5, 5.41) is 9.11. The van der Waals surface area contributed by atoms with Crippen molar-refractivity contribution < 1.29 is 27.4 Å². The Kier molecular flexibility index (Phi) is 5.69. The molecule has 0 bridgehead atoms. The van der Waals surface area contributed by atoms with E-state index in [1.165, 1.54) is 12.1 Å². The Labute approximate surface area is 134 Å². The zero-order valence-corrected chi connectivity index (χ0v) is 13.6. The number of nitrogens with zero attached hydrogens (tertiary/aromatic N) is 2. The second-order valence-electron chi connectivity index (χ2n) is 5.10. The maximum atomic E-state index is 14.0. The van der Waals surface area contributed by atoms with E-state index >= 15 is 0 Å². The molecule has 1 fully saturated rings. The molecule has 1 aliphatic rings. The summed E-state index contributed by atoms with van der Waals surface area (Å²) in [5.74, 6) is -1.79. The minimum Gasteiger partial charge on any atom is -0.394 e. The average Bonchev–Trinajstić information content (AvgIpc) is 2.52. The smallest absolute Gasteiger partial charge is 0.306 e. The number of rotatable bonds is 5. The standard InChI is InChI=1S/C14H19FN2O5S/c1-11-2-3-12(13(15)10-11)14(19)17(4-7-18)23(20,21)16-5-8-22-9-6-16/h2-3,10,18H,4-9H2,1H3. The van der Waals surface area contributed by atoms with Gasteiger partial charge in [0.05, 0.1) is 31.9 Å². The number of hydrogen-bond donors (Lipinski definition) is 1. The summed E-state index contributed by atoms with van der Waals surface area (Å²) in [5.41, 5.74) is 0.268. The number of hydrogen-bond acceptors (Lipinski definition) is 5. The average molecular weight is 346 g/mol. The van der Waals surface area contributed by atoms with Crippen LogP contribution >= 0.6 is 0 Å². The monoisotopic (exact) mass is 346 g/mol. The zero-order valence-electron chi connectivity index (χ0n) is 12.7. The van der Waals surface area contributed by atoms with Crippen molar-refractivity contribution in [2.24, 2.45) is 0 Å². The summed E-state index contributed by atoms with van der Waals surface area (Å²) in [6, 6.07) is 3.92. The van der Waals surface area contributed by atoms with Crippen molar-refractivity contribution in [2.75, 3.05) is 39.5 Å². The largest absolute Gasteiger partial charge is 0.394 e. The first-order valence-electron chi connectivity index (χ1n) is 7.15. The van der Waals surface area contributed by atoms with Crippen LogP contribution in [0.5, 0.6) is 0 Å². The Morgan fingerprint density at radius 1 is 1.39 bits per heavy atom. The molecule has 7 nitrogen and oxygen atoms in total. The van der Waals surface area contributed by atoms with Gasteiger partial charge in [-0.05, 0) is 24.6 Å². The highest BCUT2D eigenvalue weighted by atomic mass is 32.2. The molecule has 1 aromatic carbocycles. The molecule has 1 amide bonds. The van der Waals surface area contributed by atoms with Gasteiger partial charge in [0.25, 0.3) is 5.91 Å². The third-order valence-corrected chi connectivity index (χ3v) is 5.38. The lowest BCUT2D eigenvalue weighted by Crippen LogP contribution is -2.51. The third kappa shape index (κ3) is 3.86. The van der Waals surface area contributed by atoms with Crippen LogP contribution in [-0.2, 0) is 14.9 Å². The molecule has 2 rings (SSSR count). The molecule has 0 aromatic heterocycles. The van der Waals surface area contributed by atoms with Gasteiger partial charge < -0.3 is 9.84 Å². The summed E-state index contributed by atoms with van der Waals surface area (Å²) in [6.07, 6.45) is 0. The molecule has 1 N–H and O–H groups in total. The number of benzene rings is 1. The highest BCUT2D eigenvalue weighted by Gasteiger charge is 2.35. The highest BCUT2D eigenvalue weighted by Crippen LogP contribution is 2.18. The van der Waals surface area contributed by atoms with E-state index in [0.717, 1.165) is 10.4 Å². The quantitative estimate of drug-likeness (QED) is 0.820. The molecule has 0 aliphatic carbocycles. The van der Waals surface area contributed by atoms with E-state index < -0.39 is 35.1 Å². The maximum absolute atomic E-state index is 14.0. The first kappa shape index (κ1) is 17.8. The molecule has 0 radical (unpaired) electrons. The third-order valence-electron chi connectivity index (χ3n) is 3.46. The second kappa shape index (κ2) is 7.35. The molecule has 23 heavy (non-hydrogen) atoms. The molecule has 1 aliphatic heterocycles. The number of aryl methyl sites for hydroxylation is 1. The molecule has 9 heteroatoms. The molecule has 1 heterocycles. The minimum atomic E-state index is -4.15. The lowest BCUT2D eigenvalue weighted by atomic mass is 10.1. The van der Waals surface area contributed by atoms with E-state index in [-0.39, 0.29) is 31.9 Å². The Balaban J connectivity index is 2.34. The van der Waals surface area contributed by atoms with Crippen molar-refractivity contribution >= 4 is 16.1 Å². The van der Waals surface area contributed by atoms with Gasteiger partial charge in [-0.1, -0.05) is 6.07 Å². The van der Waals surface area contributed by atoms with Gasteiger partial charge in [-0.2, -0.15) is 12.7 Å². The normalized spacial score (nSPS) is 16.3. The summed E-state index contributed by atoms with van der Waals surface area (Å²) in [7, 11) is -4.15. The topological polar surface area (TPSA) is 87.2 Å². The molecular formula is C14H19FN2O5S. The summed E-state index contributed by atoms with van der Waals surface area (Å²) >= 11 is 0. The maximum Gasteiger partial charge on any atom is 0.306 e. The number of halogens is 1. The van der Waals surface area contributed by atoms with Crippen molar-refractivity contribution in [3.8, 4) is 0 Å². The summed E-state index contributed by atoms with van der Waals surface area (Å²) in [6.45, 7) is 1.32. The van der Waals surface area contributed by atoms with E-state index in [9.17, 15) is 17.6 Å². The Morgan fingerprint density at radius 2 is 2.04 bits per heavy atom. The Morgan fingerprint density at radius 3 is 2.61 bits per heavy atom. The van der Waals surface area contributed by atoms with Crippen LogP contribution in [0.25, 0.3) is 0 Å². The van der Waals surface area contributed by atoms with Crippen LogP contribution in [0.15, 0.2) is 18.2 Å². The molecule has 1 aromatic rings. The second-order valence-corrected chi connectivity index (χ2v) is 6.96. The van der Waals surface area contributed by atoms with Gasteiger partial charge in [0.15, 0.2) is 0 Å². The van der Waals surface area contributed by atoms with Gasteiger partial charge >= 0.3 is 10.2 Å². The predicted molar refractivity (Wildman–Crippen MR) is 80.6 cm³/mol. The predicted octanol–water partition coefficient (Wildman–Crippen LogP) is 0.146. The molecule has 0 atom stereocenters. The Hall–Kier alpha value is -1.55. The molecule has 0 saturated carbocycles. The molecular weight excluding hydrogens is 327 g/mol. The van der Waals surface area contributed by atoms with E-state index in [4.69, 9.17) is 9.84 Å². The van der Waals surface area contributed by atoms with Crippen LogP contribution in [0.4, 0.5) is 4.39 Å². The molecule has 0 unspecified atom stereocenters. The van der Waals surface area contributed by atoms with Crippen LogP contribution in [-0.4, -0.2) is 67.5 Å². The van der Waals surface area contributed by atoms with Crippen molar-refractivity contribution in [2.45, 2.75) is 6.92 Å². The first-order chi connectivity index (χ1) is 10.9. The fourth-order valence-electron chi connectivity index (χ4n) is 2.26. The van der Waals surface area contributed by atoms with Crippen molar-refractivity contribution in [3.05, 3.63) is 35.1 Å². The molecule has 0 spiro atoms. The fourth-order valence-corrected chi connectivity index (χ4v) is 3.77. The van der Waals surface area contributed by atoms with Crippen molar-refractivity contribution in [3.63, 3.8) is 0 Å². The van der Waals surface area contributed by atoms with Gasteiger partial charge in [-0.25, -0.2) is 8.70 Å². The van der Waals surface area contributed by atoms with Crippen molar-refractivity contribution in [1.29, 1.82) is 0 Å². The van der Waals surface area contributed by atoms with Gasteiger partial charge in [0, 0.05) is 13.1 Å². The summed E-state index contributed by atoms with van der Waals surface area (Å²) in [4.78, 5) is 12.5. The van der Waals surface area contributed by atoms with Crippen LogP contribution in [0.3, 0.4) is 0 Å². The number of aliphatic hydroxyl groups is 1. The SMILES string of the molecule is Cc1ccc(C(=O)N(CCO)S(=O)(=O)N2CCOCC2)c(F)c1. The van der Waals surface area contributed by atoms with Gasteiger partial charge in [-0.15, -0.1) is 0 Å². The van der Waals surface area contributed by atoms with E-state index in [0.29, 0.717) is 9.87 Å². The highest BCUT2D eigenvalue weighted by molar-refractivity contribution is 7.87. The van der Waals surface area contributed by atoms with Crippen LogP contribution < -0.4 is 0 Å². The minimum absolute atomic E-state index is 0.105. The number of amides is 1. The van der Waals surface area contributed by atoms with Crippen molar-refractivity contribution in [1.82, 2.24) is 8.61 Å². The first-order valence-corrected chi connectivity index (χ1v) is 8.54. The summed E-state index contributed by atoms with van der Waals surface area (Å²) < 4.78 is 45.9. The number of morpholine rings is 1. The number of ether oxygens (including phenoxy) is 1. The van der Waals surface area contributed by atoms with Crippen LogP contribution in [0, 0.1) is 12.7 Å². The molecule has 128 valence electrons. The lowest BCUT2D eigenvalue weighted by molar-refractivity contribution is 0.0661. The number of aliphatic hydroxyl groups excluding tert-OH is 1. The van der Waals surface area contributed by atoms with Gasteiger partial charge in [-0.3, -0.25) is 4.79 Å². The fraction of sp³-hybridized carbons (Fsp3) is 0.500. The van der Waals surface area contributed by atoms with E-state index in [1.54, 1.807) is 6.92 Å². The number of carbonyl (C=O) groups excluding carboxylic acids is 1. The van der Waals surface area contributed by atoms with Gasteiger partial charge in [0.2, 0.25) is 0 Å². The van der Waals surface area contributed by atoms with Crippen LogP contribution in [0.1, 0.15) is 15.9 Å². The van der Waals surface area contributed by atoms with E-state index in [2.05, 4.69) is 0 Å². The number of carbonyl (C=O) groups is 1. The van der Waals surface area contributed by atoms with Gasteiger partial charge in [0.1, 0.15) is 5.82 Å². The Bertz CT molecular complexity index is 674. The zero-order chi connectivity index (χ0) is 17.0. The van der Waals surface area contributed by atoms with E-state index in [1.807, 2.05) is 0 Å². The lowest BCUT2D eigenvalue weighted by Gasteiger charge is -2.31.